The number of carbonyl (C=O) groups is 3. The molecule has 0 bridgehead atoms. The Morgan fingerprint density at radius 2 is 1.90 bits per heavy atom. The Balaban J connectivity index is 3.04. The summed E-state index contributed by atoms with van der Waals surface area (Å²) in [5.74, 6) is -3.83. The number of rotatable bonds is 6. The van der Waals surface area contributed by atoms with Gasteiger partial charge < -0.3 is 9.47 Å². The molecule has 0 fully saturated rings. The third-order valence-electron chi connectivity index (χ3n) is 2.42. The maximum atomic E-state index is 13.8. The second kappa shape index (κ2) is 7.17. The van der Waals surface area contributed by atoms with Crippen molar-refractivity contribution in [3.63, 3.8) is 0 Å². The molecule has 0 aliphatic rings. The van der Waals surface area contributed by atoms with Crippen LogP contribution in [0, 0.1) is 5.82 Å². The highest BCUT2D eigenvalue weighted by Gasteiger charge is 2.23. The van der Waals surface area contributed by atoms with Gasteiger partial charge in [0.05, 0.1) is 30.2 Å². The van der Waals surface area contributed by atoms with Gasteiger partial charge >= 0.3 is 5.97 Å². The lowest BCUT2D eigenvalue weighted by Gasteiger charge is -2.13. The van der Waals surface area contributed by atoms with E-state index in [1.807, 2.05) is 0 Å². The van der Waals surface area contributed by atoms with Crippen molar-refractivity contribution >= 4 is 29.1 Å². The van der Waals surface area contributed by atoms with Crippen molar-refractivity contribution in [1.29, 1.82) is 0 Å². The van der Waals surface area contributed by atoms with Crippen molar-refractivity contribution < 1.29 is 28.2 Å². The Morgan fingerprint density at radius 3 is 2.43 bits per heavy atom. The molecule has 0 saturated heterocycles. The highest BCUT2D eigenvalue weighted by Crippen LogP contribution is 2.29. The highest BCUT2D eigenvalue weighted by atomic mass is 35.5. The van der Waals surface area contributed by atoms with E-state index in [1.165, 1.54) is 0 Å². The topological polar surface area (TPSA) is 69.7 Å². The number of methoxy groups -OCH3 is 1. The highest BCUT2D eigenvalue weighted by molar-refractivity contribution is 6.38. The molecule has 0 spiro atoms. The zero-order valence-electron chi connectivity index (χ0n) is 11.7. The molecule has 0 amide bonds. The number of ether oxygens (including phenoxy) is 2. The number of Topliss-reactive ketones (excluding diaryl/α,β-unsaturated/α-hetero) is 2. The lowest BCUT2D eigenvalue weighted by molar-refractivity contribution is -0.151. The average molecular weight is 317 g/mol. The number of halogens is 2. The van der Waals surface area contributed by atoms with Crippen molar-refractivity contribution in [3.05, 3.63) is 28.5 Å². The summed E-state index contributed by atoms with van der Waals surface area (Å²) in [5, 5.41) is 0.0112. The van der Waals surface area contributed by atoms with Gasteiger partial charge in [0.1, 0.15) is 11.6 Å². The van der Waals surface area contributed by atoms with Gasteiger partial charge in [0.2, 0.25) is 5.78 Å². The van der Waals surface area contributed by atoms with E-state index in [2.05, 4.69) is 4.74 Å². The summed E-state index contributed by atoms with van der Waals surface area (Å²) in [5.41, 5.74) is -0.368. The largest absolute Gasteiger partial charge is 0.489 e. The first-order valence-corrected chi connectivity index (χ1v) is 6.44. The van der Waals surface area contributed by atoms with Gasteiger partial charge in [0, 0.05) is 0 Å². The first-order valence-electron chi connectivity index (χ1n) is 6.06. The molecular formula is C14H14ClFO5. The number of ketones is 2. The fraction of sp³-hybridized carbons (Fsp3) is 0.357. The molecule has 0 aliphatic heterocycles. The quantitative estimate of drug-likeness (QED) is 0.349. The Morgan fingerprint density at radius 1 is 1.29 bits per heavy atom. The van der Waals surface area contributed by atoms with E-state index in [-0.39, 0.29) is 22.4 Å². The predicted molar refractivity (Wildman–Crippen MR) is 73.1 cm³/mol. The van der Waals surface area contributed by atoms with Gasteiger partial charge in [-0.15, -0.1) is 0 Å². The van der Waals surface area contributed by atoms with Crippen LogP contribution in [0.15, 0.2) is 12.1 Å². The third-order valence-corrected chi connectivity index (χ3v) is 2.71. The van der Waals surface area contributed by atoms with Crippen LogP contribution in [0.1, 0.15) is 30.6 Å². The van der Waals surface area contributed by atoms with E-state index >= 15 is 0 Å². The Kier molecular flexibility index (Phi) is 5.84. The second-order valence-electron chi connectivity index (χ2n) is 4.44. The first-order chi connectivity index (χ1) is 9.76. The lowest BCUT2D eigenvalue weighted by atomic mass is 10.0. The summed E-state index contributed by atoms with van der Waals surface area (Å²) in [6.45, 7) is 3.48. The first kappa shape index (κ1) is 17.1. The standard InChI is InChI=1S/C14H14ClFO5/c1-7(2)21-13-4-8(10(16)5-9(13)15)11(17)6-12(18)14(19)20-3/h4-5,7H,6H2,1-3H3. The van der Waals surface area contributed by atoms with E-state index < -0.39 is 29.8 Å². The van der Waals surface area contributed by atoms with Gasteiger partial charge in [-0.05, 0) is 26.0 Å². The monoisotopic (exact) mass is 316 g/mol. The van der Waals surface area contributed by atoms with E-state index in [4.69, 9.17) is 16.3 Å². The van der Waals surface area contributed by atoms with Crippen LogP contribution >= 0.6 is 11.6 Å². The van der Waals surface area contributed by atoms with Gasteiger partial charge in [0.15, 0.2) is 5.78 Å². The molecule has 0 unspecified atom stereocenters. The van der Waals surface area contributed by atoms with Crippen molar-refractivity contribution in [2.45, 2.75) is 26.4 Å². The Labute approximate surface area is 126 Å². The summed E-state index contributed by atoms with van der Waals surface area (Å²) < 4.78 is 23.3. The van der Waals surface area contributed by atoms with Gasteiger partial charge in [-0.3, -0.25) is 9.59 Å². The fourth-order valence-electron chi connectivity index (χ4n) is 1.51. The maximum Gasteiger partial charge on any atom is 0.374 e. The Bertz CT molecular complexity index is 583. The molecule has 1 aromatic carbocycles. The van der Waals surface area contributed by atoms with E-state index in [0.717, 1.165) is 19.2 Å². The molecule has 1 aromatic rings. The molecule has 0 radical (unpaired) electrons. The van der Waals surface area contributed by atoms with Crippen LogP contribution in [-0.2, 0) is 14.3 Å². The summed E-state index contributed by atoms with van der Waals surface area (Å²) in [4.78, 5) is 34.2. The molecule has 21 heavy (non-hydrogen) atoms. The maximum absolute atomic E-state index is 13.8. The van der Waals surface area contributed by atoms with Crippen LogP contribution in [-0.4, -0.2) is 30.7 Å². The molecule has 0 aromatic heterocycles. The van der Waals surface area contributed by atoms with Crippen LogP contribution in [0.4, 0.5) is 4.39 Å². The van der Waals surface area contributed by atoms with Gasteiger partial charge in [-0.1, -0.05) is 11.6 Å². The van der Waals surface area contributed by atoms with Crippen LogP contribution < -0.4 is 4.74 Å². The van der Waals surface area contributed by atoms with Gasteiger partial charge in [0.25, 0.3) is 0 Å². The summed E-state index contributed by atoms with van der Waals surface area (Å²) in [7, 11) is 1.02. The van der Waals surface area contributed by atoms with Crippen molar-refractivity contribution in [1.82, 2.24) is 0 Å². The number of carbonyl (C=O) groups excluding carboxylic acids is 3. The van der Waals surface area contributed by atoms with Crippen LogP contribution in [0.2, 0.25) is 5.02 Å². The second-order valence-corrected chi connectivity index (χ2v) is 4.85. The van der Waals surface area contributed by atoms with E-state index in [9.17, 15) is 18.8 Å². The molecule has 0 N–H and O–H groups in total. The fourth-order valence-corrected chi connectivity index (χ4v) is 1.71. The molecule has 0 heterocycles. The van der Waals surface area contributed by atoms with Crippen LogP contribution in [0.5, 0.6) is 5.75 Å². The van der Waals surface area contributed by atoms with Crippen molar-refractivity contribution in [2.75, 3.05) is 7.11 Å². The summed E-state index contributed by atoms with van der Waals surface area (Å²) in [6.07, 6.45) is -1.01. The molecule has 5 nitrogen and oxygen atoms in total. The zero-order chi connectivity index (χ0) is 16.2. The summed E-state index contributed by atoms with van der Waals surface area (Å²) >= 11 is 5.81. The molecule has 0 saturated carbocycles. The normalized spacial score (nSPS) is 10.4. The SMILES string of the molecule is COC(=O)C(=O)CC(=O)c1cc(OC(C)C)c(Cl)cc1F. The van der Waals surface area contributed by atoms with Crippen molar-refractivity contribution in [3.8, 4) is 5.75 Å². The van der Waals surface area contributed by atoms with Crippen molar-refractivity contribution in [2.24, 2.45) is 0 Å². The number of benzene rings is 1. The molecule has 0 aliphatic carbocycles. The minimum atomic E-state index is -1.16. The number of esters is 1. The van der Waals surface area contributed by atoms with E-state index in [1.54, 1.807) is 13.8 Å². The van der Waals surface area contributed by atoms with Gasteiger partial charge in [-0.2, -0.15) is 0 Å². The lowest BCUT2D eigenvalue weighted by Crippen LogP contribution is -2.20. The van der Waals surface area contributed by atoms with Gasteiger partial charge in [-0.25, -0.2) is 9.18 Å². The van der Waals surface area contributed by atoms with Crippen LogP contribution in [0.3, 0.4) is 0 Å². The molecular weight excluding hydrogens is 303 g/mol. The zero-order valence-corrected chi connectivity index (χ0v) is 12.5. The summed E-state index contributed by atoms with van der Waals surface area (Å²) in [6, 6.07) is 2.04. The minimum absolute atomic E-state index is 0.0112. The number of hydrogen-bond acceptors (Lipinski definition) is 5. The number of hydrogen-bond donors (Lipinski definition) is 0. The minimum Gasteiger partial charge on any atom is -0.489 e. The molecule has 1 rings (SSSR count). The molecule has 0 atom stereocenters. The third kappa shape index (κ3) is 4.53. The average Bonchev–Trinajstić information content (AvgIpc) is 2.40. The predicted octanol–water partition coefficient (Wildman–Crippen LogP) is 2.58. The molecule has 114 valence electrons. The smallest absolute Gasteiger partial charge is 0.374 e. The van der Waals surface area contributed by atoms with E-state index in [0.29, 0.717) is 0 Å². The Hall–Kier alpha value is -1.95. The van der Waals surface area contributed by atoms with Crippen LogP contribution in [0.25, 0.3) is 0 Å². The molecule has 7 heteroatoms.